The van der Waals surface area contributed by atoms with E-state index < -0.39 is 0 Å². The Bertz CT molecular complexity index is 622. The molecule has 0 radical (unpaired) electrons. The molecule has 0 bridgehead atoms. The van der Waals surface area contributed by atoms with E-state index >= 15 is 0 Å². The van der Waals surface area contributed by atoms with Crippen LogP contribution in [0.25, 0.3) is 0 Å². The number of benzene rings is 1. The molecule has 2 rings (SSSR count). The van der Waals surface area contributed by atoms with Crippen molar-refractivity contribution in [2.24, 2.45) is 5.84 Å². The van der Waals surface area contributed by atoms with Crippen LogP contribution in [0.5, 0.6) is 5.75 Å². The molecule has 2 aromatic rings. The Hall–Kier alpha value is -2.34. The number of nitrogens with zero attached hydrogens (tertiary/aromatic N) is 2. The average molecular weight is 287 g/mol. The van der Waals surface area contributed by atoms with E-state index in [1.807, 2.05) is 24.3 Å². The summed E-state index contributed by atoms with van der Waals surface area (Å²) in [6.07, 6.45) is 0. The predicted octanol–water partition coefficient (Wildman–Crippen LogP) is 2.81. The summed E-state index contributed by atoms with van der Waals surface area (Å²) < 4.78 is 5.21. The molecular weight excluding hydrogens is 266 g/mol. The Morgan fingerprint density at radius 1 is 1.10 bits per heavy atom. The van der Waals surface area contributed by atoms with Crippen molar-refractivity contribution >= 4 is 17.3 Å². The Morgan fingerprint density at radius 2 is 1.81 bits per heavy atom. The summed E-state index contributed by atoms with van der Waals surface area (Å²) in [7, 11) is 1.64. The summed E-state index contributed by atoms with van der Waals surface area (Å²) in [6, 6.07) is 9.40. The van der Waals surface area contributed by atoms with E-state index in [0.29, 0.717) is 17.5 Å². The van der Waals surface area contributed by atoms with Gasteiger partial charge in [-0.3, -0.25) is 0 Å². The van der Waals surface area contributed by atoms with E-state index in [9.17, 15) is 0 Å². The standard InChI is InChI=1S/C15H21N5O/c1-15(2,3)14-18-12(9-13(19-14)20-16)17-10-6-5-7-11(8-10)21-4/h5-9H,16H2,1-4H3,(H2,17,18,19,20). The molecule has 0 saturated heterocycles. The van der Waals surface area contributed by atoms with E-state index in [2.05, 4.69) is 41.5 Å². The van der Waals surface area contributed by atoms with Gasteiger partial charge in [-0.1, -0.05) is 26.8 Å². The van der Waals surface area contributed by atoms with Crippen molar-refractivity contribution in [2.75, 3.05) is 17.9 Å². The normalized spacial score (nSPS) is 11.1. The molecule has 21 heavy (non-hydrogen) atoms. The first kappa shape index (κ1) is 15.1. The van der Waals surface area contributed by atoms with Crippen molar-refractivity contribution in [3.8, 4) is 5.75 Å². The van der Waals surface area contributed by atoms with E-state index in [-0.39, 0.29) is 5.41 Å². The lowest BCUT2D eigenvalue weighted by Crippen LogP contribution is -2.19. The van der Waals surface area contributed by atoms with E-state index in [1.54, 1.807) is 13.2 Å². The molecule has 0 spiro atoms. The zero-order valence-electron chi connectivity index (χ0n) is 12.8. The number of aromatic nitrogens is 2. The maximum Gasteiger partial charge on any atom is 0.145 e. The first-order chi connectivity index (χ1) is 9.92. The lowest BCUT2D eigenvalue weighted by Gasteiger charge is -2.19. The predicted molar refractivity (Wildman–Crippen MR) is 84.8 cm³/mol. The molecule has 0 saturated carbocycles. The molecule has 0 amide bonds. The largest absolute Gasteiger partial charge is 0.497 e. The zero-order chi connectivity index (χ0) is 15.5. The van der Waals surface area contributed by atoms with Crippen LogP contribution in [0.15, 0.2) is 30.3 Å². The van der Waals surface area contributed by atoms with Gasteiger partial charge in [0.1, 0.15) is 23.2 Å². The van der Waals surface area contributed by atoms with Gasteiger partial charge in [0.25, 0.3) is 0 Å². The number of hydrogen-bond donors (Lipinski definition) is 3. The molecule has 0 aliphatic carbocycles. The van der Waals surface area contributed by atoms with Crippen LogP contribution in [-0.4, -0.2) is 17.1 Å². The smallest absolute Gasteiger partial charge is 0.145 e. The van der Waals surface area contributed by atoms with Crippen molar-refractivity contribution < 1.29 is 4.74 Å². The second-order valence-electron chi connectivity index (χ2n) is 5.71. The molecule has 6 heteroatoms. The number of nitrogens with two attached hydrogens (primary N) is 1. The highest BCUT2D eigenvalue weighted by molar-refractivity contribution is 5.60. The highest BCUT2D eigenvalue weighted by Crippen LogP contribution is 2.25. The Morgan fingerprint density at radius 3 is 2.43 bits per heavy atom. The van der Waals surface area contributed by atoms with Crippen molar-refractivity contribution in [1.82, 2.24) is 9.97 Å². The summed E-state index contributed by atoms with van der Waals surface area (Å²) in [5.41, 5.74) is 3.29. The molecule has 0 fully saturated rings. The number of nitrogens with one attached hydrogen (secondary N) is 2. The van der Waals surface area contributed by atoms with Gasteiger partial charge in [-0.25, -0.2) is 15.8 Å². The number of ether oxygens (including phenoxy) is 1. The SMILES string of the molecule is COc1cccc(Nc2cc(NN)nc(C(C)(C)C)n2)c1. The zero-order valence-corrected chi connectivity index (χ0v) is 12.8. The van der Waals surface area contributed by atoms with Crippen molar-refractivity contribution in [3.63, 3.8) is 0 Å². The fourth-order valence-corrected chi connectivity index (χ4v) is 1.77. The topological polar surface area (TPSA) is 85.1 Å². The van der Waals surface area contributed by atoms with Gasteiger partial charge in [-0.15, -0.1) is 0 Å². The molecule has 112 valence electrons. The average Bonchev–Trinajstić information content (AvgIpc) is 2.46. The fourth-order valence-electron chi connectivity index (χ4n) is 1.77. The van der Waals surface area contributed by atoms with Gasteiger partial charge >= 0.3 is 0 Å². The third-order valence-electron chi connectivity index (χ3n) is 2.89. The fraction of sp³-hybridized carbons (Fsp3) is 0.333. The maximum absolute atomic E-state index is 5.48. The van der Waals surface area contributed by atoms with E-state index in [1.165, 1.54) is 0 Å². The second kappa shape index (κ2) is 5.97. The number of nitrogen functional groups attached to an aromatic ring is 1. The van der Waals surface area contributed by atoms with Gasteiger partial charge in [0.05, 0.1) is 7.11 Å². The summed E-state index contributed by atoms with van der Waals surface area (Å²) >= 11 is 0. The van der Waals surface area contributed by atoms with Crippen LogP contribution in [-0.2, 0) is 5.41 Å². The van der Waals surface area contributed by atoms with Gasteiger partial charge in [-0.05, 0) is 12.1 Å². The molecular formula is C15H21N5O. The molecule has 0 aliphatic heterocycles. The molecule has 4 N–H and O–H groups in total. The van der Waals surface area contributed by atoms with Gasteiger partial charge in [0.2, 0.25) is 0 Å². The minimum atomic E-state index is -0.169. The molecule has 6 nitrogen and oxygen atoms in total. The van der Waals surface area contributed by atoms with Crippen LogP contribution in [0.4, 0.5) is 17.3 Å². The van der Waals surface area contributed by atoms with Crippen LogP contribution in [0, 0.1) is 0 Å². The number of hydrazine groups is 1. The Balaban J connectivity index is 2.34. The van der Waals surface area contributed by atoms with Gasteiger partial charge in [0.15, 0.2) is 0 Å². The van der Waals surface area contributed by atoms with E-state index in [4.69, 9.17) is 10.6 Å². The van der Waals surface area contributed by atoms with E-state index in [0.717, 1.165) is 11.4 Å². The third kappa shape index (κ3) is 3.82. The molecule has 1 aromatic carbocycles. The summed E-state index contributed by atoms with van der Waals surface area (Å²) in [4.78, 5) is 8.93. The lowest BCUT2D eigenvalue weighted by atomic mass is 9.96. The highest BCUT2D eigenvalue weighted by atomic mass is 16.5. The van der Waals surface area contributed by atoms with Crippen molar-refractivity contribution in [3.05, 3.63) is 36.2 Å². The van der Waals surface area contributed by atoms with Crippen LogP contribution in [0.1, 0.15) is 26.6 Å². The molecule has 1 aromatic heterocycles. The maximum atomic E-state index is 5.48. The minimum absolute atomic E-state index is 0.169. The van der Waals surface area contributed by atoms with Gasteiger partial charge in [-0.2, -0.15) is 0 Å². The second-order valence-corrected chi connectivity index (χ2v) is 5.71. The van der Waals surface area contributed by atoms with Crippen LogP contribution < -0.4 is 21.3 Å². The molecule has 1 heterocycles. The molecule has 0 unspecified atom stereocenters. The molecule has 0 atom stereocenters. The highest BCUT2D eigenvalue weighted by Gasteiger charge is 2.19. The van der Waals surface area contributed by atoms with Crippen LogP contribution >= 0.6 is 0 Å². The van der Waals surface area contributed by atoms with Gasteiger partial charge < -0.3 is 15.5 Å². The van der Waals surface area contributed by atoms with Crippen molar-refractivity contribution in [1.29, 1.82) is 0 Å². The summed E-state index contributed by atoms with van der Waals surface area (Å²) in [5, 5.41) is 3.24. The lowest BCUT2D eigenvalue weighted by molar-refractivity contribution is 0.415. The number of methoxy groups -OCH3 is 1. The Kier molecular flexibility index (Phi) is 4.28. The van der Waals surface area contributed by atoms with Crippen LogP contribution in [0.2, 0.25) is 0 Å². The van der Waals surface area contributed by atoms with Crippen molar-refractivity contribution in [2.45, 2.75) is 26.2 Å². The quantitative estimate of drug-likeness (QED) is 0.592. The molecule has 0 aliphatic rings. The Labute approximate surface area is 124 Å². The summed E-state index contributed by atoms with van der Waals surface area (Å²) in [5.74, 6) is 8.22. The number of hydrogen-bond acceptors (Lipinski definition) is 6. The first-order valence-electron chi connectivity index (χ1n) is 6.69. The minimum Gasteiger partial charge on any atom is -0.497 e. The number of anilines is 3. The third-order valence-corrected chi connectivity index (χ3v) is 2.89. The van der Waals surface area contributed by atoms with Crippen LogP contribution in [0.3, 0.4) is 0 Å². The first-order valence-corrected chi connectivity index (χ1v) is 6.69. The van der Waals surface area contributed by atoms with Gasteiger partial charge in [0, 0.05) is 23.2 Å². The summed E-state index contributed by atoms with van der Waals surface area (Å²) in [6.45, 7) is 6.16. The monoisotopic (exact) mass is 287 g/mol. The number of rotatable bonds is 4.